The van der Waals surface area contributed by atoms with E-state index < -0.39 is 0 Å². The second kappa shape index (κ2) is 4.33. The first-order chi connectivity index (χ1) is 6.92. The van der Waals surface area contributed by atoms with Crippen LogP contribution in [0.3, 0.4) is 0 Å². The maximum Gasteiger partial charge on any atom is 0.101 e. The average Bonchev–Trinajstić information content (AvgIpc) is 2.15. The molecular weight excluding hydrogens is 188 g/mol. The molecule has 0 atom stereocenters. The number of hydrogen-bond acceptors (Lipinski definition) is 3. The Hall–Kier alpha value is -1.53. The van der Waals surface area contributed by atoms with Crippen LogP contribution < -0.4 is 5.73 Å². The van der Waals surface area contributed by atoms with E-state index in [9.17, 15) is 0 Å². The number of anilines is 1. The number of benzene rings is 1. The maximum absolute atomic E-state index is 8.80. The highest BCUT2D eigenvalue weighted by atomic mass is 16.5. The van der Waals surface area contributed by atoms with Crippen LogP contribution in [0.25, 0.3) is 0 Å². The lowest BCUT2D eigenvalue weighted by Gasteiger charge is -2.19. The van der Waals surface area contributed by atoms with Gasteiger partial charge in [-0.1, -0.05) is 6.07 Å². The summed E-state index contributed by atoms with van der Waals surface area (Å²) in [5.74, 6) is 0. The van der Waals surface area contributed by atoms with Gasteiger partial charge in [0.1, 0.15) is 6.07 Å². The first kappa shape index (κ1) is 11.5. The molecule has 2 N–H and O–H groups in total. The van der Waals surface area contributed by atoms with Crippen molar-refractivity contribution in [1.29, 1.82) is 5.26 Å². The lowest BCUT2D eigenvalue weighted by molar-refractivity contribution is -0.0149. The molecule has 0 radical (unpaired) electrons. The summed E-state index contributed by atoms with van der Waals surface area (Å²) in [7, 11) is 0. The van der Waals surface area contributed by atoms with Gasteiger partial charge in [-0.2, -0.15) is 5.26 Å². The Balaban J connectivity index is 2.76. The summed E-state index contributed by atoms with van der Waals surface area (Å²) in [4.78, 5) is 0. The van der Waals surface area contributed by atoms with Gasteiger partial charge in [0.15, 0.2) is 0 Å². The molecule has 0 aromatic heterocycles. The molecule has 3 heteroatoms. The average molecular weight is 204 g/mol. The van der Waals surface area contributed by atoms with Crippen molar-refractivity contribution in [3.63, 3.8) is 0 Å². The Morgan fingerprint density at radius 2 is 2.07 bits per heavy atom. The Morgan fingerprint density at radius 3 is 2.60 bits per heavy atom. The van der Waals surface area contributed by atoms with Crippen molar-refractivity contribution in [1.82, 2.24) is 0 Å². The molecule has 0 saturated heterocycles. The molecule has 80 valence electrons. The van der Waals surface area contributed by atoms with Gasteiger partial charge in [-0.05, 0) is 38.5 Å². The number of nitriles is 1. The van der Waals surface area contributed by atoms with E-state index in [0.717, 1.165) is 5.56 Å². The second-order valence-electron chi connectivity index (χ2n) is 4.43. The van der Waals surface area contributed by atoms with Crippen LogP contribution in [-0.2, 0) is 11.3 Å². The van der Waals surface area contributed by atoms with Gasteiger partial charge in [0.2, 0.25) is 0 Å². The molecule has 0 unspecified atom stereocenters. The van der Waals surface area contributed by atoms with Gasteiger partial charge in [0.05, 0.1) is 17.8 Å². The van der Waals surface area contributed by atoms with Crippen molar-refractivity contribution in [2.45, 2.75) is 33.0 Å². The number of ether oxygens (including phenoxy) is 1. The fraction of sp³-hybridized carbons (Fsp3) is 0.417. The Bertz CT molecular complexity index is 386. The van der Waals surface area contributed by atoms with Gasteiger partial charge in [-0.3, -0.25) is 0 Å². The Kier molecular flexibility index (Phi) is 3.33. The number of rotatable bonds is 2. The Morgan fingerprint density at radius 1 is 1.40 bits per heavy atom. The third kappa shape index (κ3) is 3.61. The summed E-state index contributed by atoms with van der Waals surface area (Å²) in [5.41, 5.74) is 7.43. The molecule has 0 bridgehead atoms. The van der Waals surface area contributed by atoms with Crippen LogP contribution in [0, 0.1) is 11.3 Å². The van der Waals surface area contributed by atoms with Gasteiger partial charge < -0.3 is 10.5 Å². The van der Waals surface area contributed by atoms with Crippen LogP contribution in [0.2, 0.25) is 0 Å². The van der Waals surface area contributed by atoms with E-state index in [0.29, 0.717) is 17.9 Å². The van der Waals surface area contributed by atoms with Crippen LogP contribution in [0.15, 0.2) is 18.2 Å². The molecule has 1 aromatic carbocycles. The van der Waals surface area contributed by atoms with Gasteiger partial charge >= 0.3 is 0 Å². The molecule has 1 aromatic rings. The van der Waals surface area contributed by atoms with Crippen LogP contribution >= 0.6 is 0 Å². The normalized spacial score (nSPS) is 11.1. The zero-order chi connectivity index (χ0) is 11.5. The van der Waals surface area contributed by atoms with Gasteiger partial charge in [0, 0.05) is 5.69 Å². The summed E-state index contributed by atoms with van der Waals surface area (Å²) in [6.45, 7) is 6.49. The van der Waals surface area contributed by atoms with E-state index in [2.05, 4.69) is 6.07 Å². The van der Waals surface area contributed by atoms with Crippen LogP contribution in [0.4, 0.5) is 5.69 Å². The predicted molar refractivity (Wildman–Crippen MR) is 60.1 cm³/mol. The summed E-state index contributed by atoms with van der Waals surface area (Å²) in [6, 6.07) is 7.43. The summed E-state index contributed by atoms with van der Waals surface area (Å²) >= 11 is 0. The number of nitrogens with zero attached hydrogens (tertiary/aromatic N) is 1. The Labute approximate surface area is 90.5 Å². The lowest BCUT2D eigenvalue weighted by atomic mass is 10.1. The van der Waals surface area contributed by atoms with E-state index >= 15 is 0 Å². The molecule has 0 saturated carbocycles. The third-order valence-electron chi connectivity index (χ3n) is 1.91. The van der Waals surface area contributed by atoms with Gasteiger partial charge in [-0.15, -0.1) is 0 Å². The maximum atomic E-state index is 8.80. The fourth-order valence-corrected chi connectivity index (χ4v) is 1.09. The summed E-state index contributed by atoms with van der Waals surface area (Å²) in [6.07, 6.45) is 0. The molecule has 1 rings (SSSR count). The highest BCUT2D eigenvalue weighted by Crippen LogP contribution is 2.16. The highest BCUT2D eigenvalue weighted by molar-refractivity contribution is 5.55. The predicted octanol–water partition coefficient (Wildman–Crippen LogP) is 2.46. The largest absolute Gasteiger partial charge is 0.398 e. The van der Waals surface area contributed by atoms with E-state index in [1.807, 2.05) is 26.8 Å². The molecule has 0 aliphatic carbocycles. The first-order valence-corrected chi connectivity index (χ1v) is 4.85. The lowest BCUT2D eigenvalue weighted by Crippen LogP contribution is -2.18. The SMILES string of the molecule is CC(C)(C)OCc1ccc(N)c(C#N)c1. The van der Waals surface area contributed by atoms with E-state index in [1.165, 1.54) is 0 Å². The van der Waals surface area contributed by atoms with Gasteiger partial charge in [-0.25, -0.2) is 0 Å². The van der Waals surface area contributed by atoms with Crippen molar-refractivity contribution < 1.29 is 4.74 Å². The summed E-state index contributed by atoms with van der Waals surface area (Å²) < 4.78 is 5.60. The van der Waals surface area contributed by atoms with Crippen molar-refractivity contribution >= 4 is 5.69 Å². The number of nitrogens with two attached hydrogens (primary N) is 1. The molecule has 0 aliphatic rings. The monoisotopic (exact) mass is 204 g/mol. The first-order valence-electron chi connectivity index (χ1n) is 4.85. The van der Waals surface area contributed by atoms with Crippen LogP contribution in [0.1, 0.15) is 31.9 Å². The fourth-order valence-electron chi connectivity index (χ4n) is 1.09. The van der Waals surface area contributed by atoms with Crippen molar-refractivity contribution in [3.05, 3.63) is 29.3 Å². The quantitative estimate of drug-likeness (QED) is 0.753. The zero-order valence-electron chi connectivity index (χ0n) is 9.37. The summed E-state index contributed by atoms with van der Waals surface area (Å²) in [5, 5.41) is 8.80. The molecule has 0 heterocycles. The molecule has 15 heavy (non-hydrogen) atoms. The third-order valence-corrected chi connectivity index (χ3v) is 1.91. The topological polar surface area (TPSA) is 59.0 Å². The van der Waals surface area contributed by atoms with Crippen molar-refractivity contribution in [2.24, 2.45) is 0 Å². The number of nitrogen functional groups attached to an aromatic ring is 1. The van der Waals surface area contributed by atoms with Crippen LogP contribution in [0.5, 0.6) is 0 Å². The molecular formula is C12H16N2O. The molecule has 0 fully saturated rings. The molecule has 0 aliphatic heterocycles. The van der Waals surface area contributed by atoms with E-state index in [1.54, 1.807) is 12.1 Å². The van der Waals surface area contributed by atoms with E-state index in [-0.39, 0.29) is 5.60 Å². The molecule has 3 nitrogen and oxygen atoms in total. The minimum absolute atomic E-state index is 0.172. The second-order valence-corrected chi connectivity index (χ2v) is 4.43. The smallest absolute Gasteiger partial charge is 0.101 e. The minimum Gasteiger partial charge on any atom is -0.398 e. The van der Waals surface area contributed by atoms with Crippen molar-refractivity contribution in [3.8, 4) is 6.07 Å². The van der Waals surface area contributed by atoms with Crippen LogP contribution in [-0.4, -0.2) is 5.60 Å². The standard InChI is InChI=1S/C12H16N2O/c1-12(2,3)15-8-9-4-5-11(14)10(6-9)7-13/h4-6H,8,14H2,1-3H3. The molecule has 0 amide bonds. The molecule has 0 spiro atoms. The van der Waals surface area contributed by atoms with Crippen molar-refractivity contribution in [2.75, 3.05) is 5.73 Å². The van der Waals surface area contributed by atoms with Gasteiger partial charge in [0.25, 0.3) is 0 Å². The van der Waals surface area contributed by atoms with E-state index in [4.69, 9.17) is 15.7 Å². The zero-order valence-corrected chi connectivity index (χ0v) is 9.37. The minimum atomic E-state index is -0.172. The number of hydrogen-bond donors (Lipinski definition) is 1. The highest BCUT2D eigenvalue weighted by Gasteiger charge is 2.10.